The second-order valence-corrected chi connectivity index (χ2v) is 6.06. The molecule has 0 saturated carbocycles. The van der Waals surface area contributed by atoms with Gasteiger partial charge in [-0.3, -0.25) is 0 Å². The fraction of sp³-hybridized carbons (Fsp3) is 0.0476. The molecule has 0 N–H and O–H groups in total. The maximum absolute atomic E-state index is 14.4. The number of rotatable bonds is 3. The van der Waals surface area contributed by atoms with Gasteiger partial charge in [-0.25, -0.2) is 30.7 Å². The summed E-state index contributed by atoms with van der Waals surface area (Å²) in [4.78, 5) is 0. The average molecular weight is 396 g/mol. The molecule has 0 fully saturated rings. The van der Waals surface area contributed by atoms with Gasteiger partial charge in [0.2, 0.25) is 0 Å². The fourth-order valence-electron chi connectivity index (χ4n) is 2.61. The summed E-state index contributed by atoms with van der Waals surface area (Å²) in [5.74, 6) is -12.2. The number of hydrogen-bond acceptors (Lipinski definition) is 0. The molecule has 0 aliphatic carbocycles. The predicted molar refractivity (Wildman–Crippen MR) is 91.9 cm³/mol. The first-order valence-corrected chi connectivity index (χ1v) is 7.95. The average Bonchev–Trinajstić information content (AvgIpc) is 2.64. The van der Waals surface area contributed by atoms with Gasteiger partial charge in [-0.1, -0.05) is 29.8 Å². The van der Waals surface area contributed by atoms with Gasteiger partial charge in [0, 0.05) is 5.56 Å². The summed E-state index contributed by atoms with van der Waals surface area (Å²) in [6.07, 6.45) is 0. The van der Waals surface area contributed by atoms with Crippen LogP contribution in [0.15, 0.2) is 48.5 Å². The maximum atomic E-state index is 14.4. The van der Waals surface area contributed by atoms with Gasteiger partial charge < -0.3 is 0 Å². The Bertz CT molecular complexity index is 1040. The molecule has 0 unspecified atom stereocenters. The molecule has 0 aliphatic rings. The molecule has 0 bridgehead atoms. The molecule has 0 radical (unpaired) electrons. The third-order valence-corrected chi connectivity index (χ3v) is 4.08. The molecule has 0 saturated heterocycles. The van der Waals surface area contributed by atoms with Crippen LogP contribution in [0.1, 0.15) is 16.7 Å². The lowest BCUT2D eigenvalue weighted by Crippen LogP contribution is -1.98. The van der Waals surface area contributed by atoms with Crippen molar-refractivity contribution in [3.63, 3.8) is 0 Å². The van der Waals surface area contributed by atoms with E-state index in [9.17, 15) is 30.7 Å². The Morgan fingerprint density at radius 1 is 0.607 bits per heavy atom. The van der Waals surface area contributed by atoms with Gasteiger partial charge in [-0.15, -0.1) is 0 Å². The van der Waals surface area contributed by atoms with Crippen LogP contribution < -0.4 is 0 Å². The lowest BCUT2D eigenvalue weighted by Gasteiger charge is -2.09. The second-order valence-electron chi connectivity index (χ2n) is 6.06. The number of halogens is 7. The zero-order valence-electron chi connectivity index (χ0n) is 14.3. The van der Waals surface area contributed by atoms with Crippen LogP contribution >= 0.6 is 0 Å². The van der Waals surface area contributed by atoms with Gasteiger partial charge in [0.05, 0.1) is 5.56 Å². The number of benzene rings is 3. The Morgan fingerprint density at radius 3 is 1.61 bits per heavy atom. The molecule has 0 heterocycles. The molecule has 0 atom stereocenters. The summed E-state index contributed by atoms with van der Waals surface area (Å²) < 4.78 is 96.7. The summed E-state index contributed by atoms with van der Waals surface area (Å²) in [6.45, 7) is 1.82. The van der Waals surface area contributed by atoms with Gasteiger partial charge >= 0.3 is 0 Å². The zero-order chi connectivity index (χ0) is 20.6. The van der Waals surface area contributed by atoms with Gasteiger partial charge in [0.15, 0.2) is 29.1 Å². The summed E-state index contributed by atoms with van der Waals surface area (Å²) >= 11 is 0. The van der Waals surface area contributed by atoms with Crippen molar-refractivity contribution < 1.29 is 30.7 Å². The van der Waals surface area contributed by atoms with E-state index in [1.165, 1.54) is 0 Å². The number of hydrogen-bond donors (Lipinski definition) is 0. The van der Waals surface area contributed by atoms with Crippen molar-refractivity contribution in [3.8, 4) is 11.1 Å². The van der Waals surface area contributed by atoms with E-state index in [0.29, 0.717) is 5.56 Å². The Hall–Kier alpha value is -3.09. The van der Waals surface area contributed by atoms with Gasteiger partial charge in [0.25, 0.3) is 0 Å². The van der Waals surface area contributed by atoms with E-state index in [4.69, 9.17) is 0 Å². The van der Waals surface area contributed by atoms with E-state index in [-0.39, 0.29) is 17.7 Å². The van der Waals surface area contributed by atoms with Crippen LogP contribution in [0.5, 0.6) is 0 Å². The minimum atomic E-state index is -2.00. The Balaban J connectivity index is 2.10. The van der Waals surface area contributed by atoms with Crippen molar-refractivity contribution in [1.82, 2.24) is 0 Å². The monoisotopic (exact) mass is 396 g/mol. The minimum absolute atomic E-state index is 0.0887. The third-order valence-electron chi connectivity index (χ3n) is 4.08. The molecular formula is C21H11F7. The molecule has 0 aliphatic heterocycles. The van der Waals surface area contributed by atoms with Crippen LogP contribution in [0.25, 0.3) is 22.8 Å². The minimum Gasteiger partial charge on any atom is -0.206 e. The van der Waals surface area contributed by atoms with Crippen LogP contribution in [0.3, 0.4) is 0 Å². The first kappa shape index (κ1) is 19.7. The zero-order valence-corrected chi connectivity index (χ0v) is 14.3. The highest BCUT2D eigenvalue weighted by atomic mass is 19.2. The van der Waals surface area contributed by atoms with Crippen molar-refractivity contribution in [2.75, 3.05) is 0 Å². The SMILES string of the molecule is Cc1ccc(-c2cc(F)c(/C(F)=C(\F)c3cc(F)c(F)c(F)c3)c(F)c2)cc1. The molecule has 3 aromatic rings. The van der Waals surface area contributed by atoms with E-state index in [0.717, 1.165) is 17.7 Å². The van der Waals surface area contributed by atoms with Crippen molar-refractivity contribution in [2.24, 2.45) is 0 Å². The predicted octanol–water partition coefficient (Wildman–Crippen LogP) is 7.12. The number of aryl methyl sites for hydroxylation is 1. The Labute approximate surface area is 155 Å². The van der Waals surface area contributed by atoms with Crippen LogP contribution in [-0.4, -0.2) is 0 Å². The molecule has 0 aromatic heterocycles. The molecule has 0 amide bonds. The first-order valence-electron chi connectivity index (χ1n) is 7.95. The Morgan fingerprint density at radius 2 is 1.11 bits per heavy atom. The molecule has 3 rings (SSSR count). The van der Waals surface area contributed by atoms with Gasteiger partial charge in [0.1, 0.15) is 11.6 Å². The van der Waals surface area contributed by atoms with Crippen LogP contribution in [-0.2, 0) is 0 Å². The fourth-order valence-corrected chi connectivity index (χ4v) is 2.61. The molecule has 0 nitrogen and oxygen atoms in total. The summed E-state index contributed by atoms with van der Waals surface area (Å²) in [7, 11) is 0. The maximum Gasteiger partial charge on any atom is 0.194 e. The van der Waals surface area contributed by atoms with Gasteiger partial charge in [-0.2, -0.15) is 0 Å². The van der Waals surface area contributed by atoms with E-state index in [2.05, 4.69) is 0 Å². The van der Waals surface area contributed by atoms with E-state index in [1.807, 2.05) is 6.92 Å². The molecule has 28 heavy (non-hydrogen) atoms. The molecule has 3 aromatic carbocycles. The van der Waals surface area contributed by atoms with Crippen LogP contribution in [0, 0.1) is 36.0 Å². The van der Waals surface area contributed by atoms with Gasteiger partial charge in [-0.05, 0) is 42.3 Å². The molecular weight excluding hydrogens is 385 g/mol. The largest absolute Gasteiger partial charge is 0.206 e. The highest BCUT2D eigenvalue weighted by Crippen LogP contribution is 2.35. The second kappa shape index (κ2) is 7.50. The quantitative estimate of drug-likeness (QED) is 0.251. The Kier molecular flexibility index (Phi) is 5.27. The highest BCUT2D eigenvalue weighted by molar-refractivity contribution is 5.84. The highest BCUT2D eigenvalue weighted by Gasteiger charge is 2.23. The summed E-state index contributed by atoms with van der Waals surface area (Å²) in [5, 5.41) is 0. The van der Waals surface area contributed by atoms with Crippen LogP contribution in [0.2, 0.25) is 0 Å². The smallest absolute Gasteiger partial charge is 0.194 e. The normalized spacial score (nSPS) is 12.1. The van der Waals surface area contributed by atoms with Crippen LogP contribution in [0.4, 0.5) is 30.7 Å². The molecule has 7 heteroatoms. The molecule has 0 spiro atoms. The lowest BCUT2D eigenvalue weighted by molar-refractivity contribution is 0.446. The lowest BCUT2D eigenvalue weighted by atomic mass is 10.0. The van der Waals surface area contributed by atoms with Crippen molar-refractivity contribution in [3.05, 3.63) is 94.3 Å². The topological polar surface area (TPSA) is 0 Å². The van der Waals surface area contributed by atoms with E-state index < -0.39 is 51.9 Å². The molecule has 144 valence electrons. The first-order chi connectivity index (χ1) is 13.2. The van der Waals surface area contributed by atoms with E-state index in [1.54, 1.807) is 24.3 Å². The standard InChI is InChI=1S/C21H11F7/c1-10-2-4-11(5-3-10)12-6-14(22)18(15(23)7-12)21(28)19(26)13-8-16(24)20(27)17(25)9-13/h2-9H,1H3/b21-19+. The van der Waals surface area contributed by atoms with Crippen molar-refractivity contribution in [2.45, 2.75) is 6.92 Å². The van der Waals surface area contributed by atoms with Crippen molar-refractivity contribution >= 4 is 11.7 Å². The van der Waals surface area contributed by atoms with E-state index >= 15 is 0 Å². The van der Waals surface area contributed by atoms with Crippen molar-refractivity contribution in [1.29, 1.82) is 0 Å². The summed E-state index contributed by atoms with van der Waals surface area (Å²) in [6, 6.07) is 8.59. The third kappa shape index (κ3) is 3.65. The summed E-state index contributed by atoms with van der Waals surface area (Å²) in [5.41, 5.74) is -0.918.